The van der Waals surface area contributed by atoms with E-state index in [2.05, 4.69) is 0 Å². The van der Waals surface area contributed by atoms with Gasteiger partial charge in [-0.3, -0.25) is 9.52 Å². The zero-order valence-electron chi connectivity index (χ0n) is 7.78. The largest absolute Gasteiger partial charge is 0.480 e. The molecule has 0 spiro atoms. The van der Waals surface area contributed by atoms with Crippen molar-refractivity contribution < 1.29 is 22.7 Å². The van der Waals surface area contributed by atoms with E-state index in [0.717, 1.165) is 12.1 Å². The van der Waals surface area contributed by atoms with E-state index in [0.29, 0.717) is 0 Å². The van der Waals surface area contributed by atoms with Gasteiger partial charge in [0.15, 0.2) is 5.75 Å². The van der Waals surface area contributed by atoms with Gasteiger partial charge in [-0.2, -0.15) is 0 Å². The molecule has 8 heteroatoms. The zero-order valence-corrected chi connectivity index (χ0v) is 9.35. The van der Waals surface area contributed by atoms with Crippen molar-refractivity contribution in [1.82, 2.24) is 0 Å². The van der Waals surface area contributed by atoms with Crippen molar-refractivity contribution in [3.05, 3.63) is 29.0 Å². The molecule has 0 radical (unpaired) electrons. The van der Waals surface area contributed by atoms with Gasteiger partial charge in [0.25, 0.3) is 0 Å². The number of carbonyl (C=O) groups is 1. The Hall–Kier alpha value is -1.34. The average Bonchev–Trinajstić information content (AvgIpc) is 2.07. The first-order valence-electron chi connectivity index (χ1n) is 3.97. The standard InChI is InChI=1S/C8H7ClFNO4S/c9-5-1-2-7(6(10)3-5)11-16(14,15)4-8(12)13/h1-3,11H,4H2,(H,12,13). The SMILES string of the molecule is O=C(O)CS(=O)(=O)Nc1ccc(Cl)cc1F. The molecule has 0 heterocycles. The van der Waals surface area contributed by atoms with E-state index < -0.39 is 27.6 Å². The van der Waals surface area contributed by atoms with Crippen LogP contribution >= 0.6 is 11.6 Å². The van der Waals surface area contributed by atoms with Crippen molar-refractivity contribution in [2.24, 2.45) is 0 Å². The fraction of sp³-hybridized carbons (Fsp3) is 0.125. The van der Waals surface area contributed by atoms with Gasteiger partial charge >= 0.3 is 5.97 Å². The predicted octanol–water partition coefficient (Wildman–Crippen LogP) is 1.31. The maximum Gasteiger partial charge on any atom is 0.320 e. The summed E-state index contributed by atoms with van der Waals surface area (Å²) >= 11 is 5.46. The summed E-state index contributed by atoms with van der Waals surface area (Å²) < 4.78 is 37.3. The monoisotopic (exact) mass is 267 g/mol. The summed E-state index contributed by atoms with van der Waals surface area (Å²) in [7, 11) is -4.10. The molecule has 1 aromatic rings. The average molecular weight is 268 g/mol. The van der Waals surface area contributed by atoms with E-state index in [1.165, 1.54) is 6.07 Å². The molecular weight excluding hydrogens is 261 g/mol. The number of nitrogens with one attached hydrogen (secondary N) is 1. The third kappa shape index (κ3) is 3.67. The topological polar surface area (TPSA) is 83.5 Å². The highest BCUT2D eigenvalue weighted by Gasteiger charge is 2.17. The number of carboxylic acid groups (broad SMARTS) is 1. The second kappa shape index (κ2) is 4.67. The number of hydrogen-bond donors (Lipinski definition) is 2. The van der Waals surface area contributed by atoms with Crippen molar-refractivity contribution in [2.45, 2.75) is 0 Å². The molecular formula is C8H7ClFNO4S. The highest BCUT2D eigenvalue weighted by molar-refractivity contribution is 7.93. The Morgan fingerprint density at radius 1 is 1.50 bits per heavy atom. The molecule has 88 valence electrons. The fourth-order valence-electron chi connectivity index (χ4n) is 0.938. The molecule has 0 aliphatic carbocycles. The van der Waals surface area contributed by atoms with Crippen LogP contribution < -0.4 is 4.72 Å². The van der Waals surface area contributed by atoms with Gasteiger partial charge in [0, 0.05) is 5.02 Å². The van der Waals surface area contributed by atoms with Crippen LogP contribution in [0.1, 0.15) is 0 Å². The lowest BCUT2D eigenvalue weighted by atomic mass is 10.3. The van der Waals surface area contributed by atoms with Gasteiger partial charge < -0.3 is 5.11 Å². The molecule has 0 fully saturated rings. The van der Waals surface area contributed by atoms with Gasteiger partial charge in [-0.15, -0.1) is 0 Å². The van der Waals surface area contributed by atoms with E-state index in [1.54, 1.807) is 4.72 Å². The molecule has 0 saturated carbocycles. The smallest absolute Gasteiger partial charge is 0.320 e. The minimum absolute atomic E-state index is 0.110. The van der Waals surface area contributed by atoms with Gasteiger partial charge in [0.05, 0.1) is 5.69 Å². The molecule has 0 saturated heterocycles. The van der Waals surface area contributed by atoms with Crippen molar-refractivity contribution >= 4 is 33.3 Å². The molecule has 1 rings (SSSR count). The van der Waals surface area contributed by atoms with Crippen LogP contribution in [-0.4, -0.2) is 25.2 Å². The van der Waals surface area contributed by atoms with Gasteiger partial charge in [0.2, 0.25) is 10.0 Å². The van der Waals surface area contributed by atoms with Crippen molar-refractivity contribution in [3.8, 4) is 0 Å². The van der Waals surface area contributed by atoms with Crippen LogP contribution in [-0.2, 0) is 14.8 Å². The summed E-state index contributed by atoms with van der Waals surface area (Å²) in [5.41, 5.74) is -0.342. The number of aliphatic carboxylic acids is 1. The van der Waals surface area contributed by atoms with Crippen LogP contribution in [0.3, 0.4) is 0 Å². The molecule has 16 heavy (non-hydrogen) atoms. The molecule has 0 aromatic heterocycles. The zero-order chi connectivity index (χ0) is 12.3. The summed E-state index contributed by atoms with van der Waals surface area (Å²) in [6.45, 7) is 0. The third-order valence-electron chi connectivity index (χ3n) is 1.51. The second-order valence-electron chi connectivity index (χ2n) is 2.88. The van der Waals surface area contributed by atoms with E-state index in [4.69, 9.17) is 16.7 Å². The van der Waals surface area contributed by atoms with Crippen LogP contribution in [0.15, 0.2) is 18.2 Å². The Kier molecular flexibility index (Phi) is 3.71. The lowest BCUT2D eigenvalue weighted by molar-refractivity contribution is -0.134. The van der Waals surface area contributed by atoms with Crippen LogP contribution in [0.4, 0.5) is 10.1 Å². The quantitative estimate of drug-likeness (QED) is 0.861. The molecule has 0 bridgehead atoms. The minimum atomic E-state index is -4.10. The van der Waals surface area contributed by atoms with Crippen molar-refractivity contribution in [2.75, 3.05) is 10.5 Å². The van der Waals surface area contributed by atoms with Crippen LogP contribution in [0.5, 0.6) is 0 Å². The van der Waals surface area contributed by atoms with Crippen LogP contribution in [0.2, 0.25) is 5.02 Å². The Morgan fingerprint density at radius 3 is 2.62 bits per heavy atom. The number of rotatable bonds is 4. The summed E-state index contributed by atoms with van der Waals surface area (Å²) in [5.74, 6) is -3.53. The number of halogens is 2. The van der Waals surface area contributed by atoms with E-state index >= 15 is 0 Å². The van der Waals surface area contributed by atoms with Crippen molar-refractivity contribution in [3.63, 3.8) is 0 Å². The Labute approximate surface area is 95.9 Å². The molecule has 2 N–H and O–H groups in total. The van der Waals surface area contributed by atoms with E-state index in [-0.39, 0.29) is 10.7 Å². The summed E-state index contributed by atoms with van der Waals surface area (Å²) in [6, 6.07) is 3.31. The summed E-state index contributed by atoms with van der Waals surface area (Å²) in [5, 5.41) is 8.42. The molecule has 5 nitrogen and oxygen atoms in total. The second-order valence-corrected chi connectivity index (χ2v) is 5.04. The Balaban J connectivity index is 2.92. The molecule has 0 atom stereocenters. The Bertz CT molecular complexity index is 517. The minimum Gasteiger partial charge on any atom is -0.480 e. The molecule has 0 unspecified atom stereocenters. The van der Waals surface area contributed by atoms with Gasteiger partial charge in [-0.1, -0.05) is 11.6 Å². The maximum atomic E-state index is 13.2. The molecule has 1 aromatic carbocycles. The number of carboxylic acids is 1. The normalized spacial score (nSPS) is 11.1. The van der Waals surface area contributed by atoms with E-state index in [9.17, 15) is 17.6 Å². The number of hydrogen-bond acceptors (Lipinski definition) is 3. The fourth-order valence-corrected chi connectivity index (χ4v) is 2.00. The first-order valence-corrected chi connectivity index (χ1v) is 6.00. The molecule has 0 aliphatic rings. The highest BCUT2D eigenvalue weighted by Crippen LogP contribution is 2.19. The number of benzene rings is 1. The predicted molar refractivity (Wildman–Crippen MR) is 56.5 cm³/mol. The highest BCUT2D eigenvalue weighted by atomic mass is 35.5. The van der Waals surface area contributed by atoms with Crippen LogP contribution in [0, 0.1) is 5.82 Å². The molecule has 0 aliphatic heterocycles. The third-order valence-corrected chi connectivity index (χ3v) is 2.90. The first kappa shape index (κ1) is 12.7. The van der Waals surface area contributed by atoms with Gasteiger partial charge in [-0.05, 0) is 18.2 Å². The Morgan fingerprint density at radius 2 is 2.12 bits per heavy atom. The van der Waals surface area contributed by atoms with Crippen molar-refractivity contribution in [1.29, 1.82) is 0 Å². The first-order chi connectivity index (χ1) is 7.30. The maximum absolute atomic E-state index is 13.2. The summed E-state index contributed by atoms with van der Waals surface area (Å²) in [6.07, 6.45) is 0. The van der Waals surface area contributed by atoms with Gasteiger partial charge in [0.1, 0.15) is 5.82 Å². The number of sulfonamides is 1. The number of anilines is 1. The van der Waals surface area contributed by atoms with Crippen LogP contribution in [0.25, 0.3) is 0 Å². The van der Waals surface area contributed by atoms with Gasteiger partial charge in [-0.25, -0.2) is 12.8 Å². The van der Waals surface area contributed by atoms with E-state index in [1.807, 2.05) is 0 Å². The molecule has 0 amide bonds. The lowest BCUT2D eigenvalue weighted by Crippen LogP contribution is -2.22. The summed E-state index contributed by atoms with van der Waals surface area (Å²) in [4.78, 5) is 10.2. The lowest BCUT2D eigenvalue weighted by Gasteiger charge is -2.06.